The van der Waals surface area contributed by atoms with Crippen molar-refractivity contribution in [2.24, 2.45) is 7.05 Å². The van der Waals surface area contributed by atoms with E-state index in [0.717, 1.165) is 48.9 Å². The number of nitrogens with zero attached hydrogens (tertiary/aromatic N) is 3. The van der Waals surface area contributed by atoms with Crippen LogP contribution >= 0.6 is 23.1 Å². The van der Waals surface area contributed by atoms with Gasteiger partial charge in [0.1, 0.15) is 9.88 Å². The lowest BCUT2D eigenvalue weighted by molar-refractivity contribution is -0.147. The van der Waals surface area contributed by atoms with Crippen LogP contribution in [0.25, 0.3) is 0 Å². The predicted molar refractivity (Wildman–Crippen MR) is 87.0 cm³/mol. The second kappa shape index (κ2) is 7.53. The van der Waals surface area contributed by atoms with Crippen molar-refractivity contribution in [3.05, 3.63) is 21.8 Å². The van der Waals surface area contributed by atoms with Crippen LogP contribution in [0, 0.1) is 0 Å². The second-order valence-corrected chi connectivity index (χ2v) is 6.78. The quantitative estimate of drug-likeness (QED) is 0.591. The minimum absolute atomic E-state index is 0.0244. The van der Waals surface area contributed by atoms with Gasteiger partial charge in [0.15, 0.2) is 5.16 Å². The molecule has 0 aliphatic carbocycles. The molecule has 0 aliphatic rings. The molecular weight excluding hydrogens is 397 g/mol. The van der Waals surface area contributed by atoms with Gasteiger partial charge in [-0.15, -0.1) is 21.5 Å². The molecule has 2 aromatic heterocycles. The van der Waals surface area contributed by atoms with Crippen LogP contribution in [0.5, 0.6) is 0 Å². The third kappa shape index (κ3) is 3.77. The molecule has 0 radical (unpaired) electrons. The lowest BCUT2D eigenvalue weighted by Gasteiger charge is -2.08. The number of carbonyl (C=O) groups excluding carboxylic acids is 2. The zero-order valence-corrected chi connectivity index (χ0v) is 15.3. The van der Waals surface area contributed by atoms with Gasteiger partial charge in [-0.25, -0.2) is 9.59 Å². The number of ether oxygens (including phenoxy) is 2. The fourth-order valence-electron chi connectivity index (χ4n) is 2.03. The van der Waals surface area contributed by atoms with Gasteiger partial charge in [0.2, 0.25) is 5.82 Å². The van der Waals surface area contributed by atoms with Crippen LogP contribution in [0.15, 0.2) is 5.16 Å². The molecule has 0 bridgehead atoms. The van der Waals surface area contributed by atoms with E-state index in [1.54, 1.807) is 0 Å². The fraction of sp³-hybridized carbons (Fsp3) is 0.385. The molecule has 0 atom stereocenters. The van der Waals surface area contributed by atoms with Crippen LogP contribution in [0.4, 0.5) is 18.2 Å². The van der Waals surface area contributed by atoms with Crippen molar-refractivity contribution in [1.29, 1.82) is 0 Å². The van der Waals surface area contributed by atoms with Crippen LogP contribution in [0.1, 0.15) is 31.4 Å². The third-order valence-corrected chi connectivity index (χ3v) is 5.32. The van der Waals surface area contributed by atoms with Crippen LogP contribution < -0.4 is 5.73 Å². The number of thiophene rings is 1. The van der Waals surface area contributed by atoms with Crippen molar-refractivity contribution in [2.45, 2.75) is 17.1 Å². The molecule has 0 saturated carbocycles. The first-order valence-corrected chi connectivity index (χ1v) is 8.59. The molecule has 0 saturated heterocycles. The van der Waals surface area contributed by atoms with E-state index in [1.165, 1.54) is 0 Å². The molecular formula is C13H13F3N4O4S2. The van der Waals surface area contributed by atoms with Crippen LogP contribution in [0.2, 0.25) is 0 Å². The molecule has 0 aromatic carbocycles. The van der Waals surface area contributed by atoms with E-state index in [0.29, 0.717) is 0 Å². The largest absolute Gasteiger partial charge is 0.465 e. The number of anilines is 1. The molecule has 0 unspecified atom stereocenters. The van der Waals surface area contributed by atoms with E-state index in [1.807, 2.05) is 0 Å². The number of hydrogen-bond donors (Lipinski definition) is 1. The molecule has 0 fully saturated rings. The van der Waals surface area contributed by atoms with Gasteiger partial charge in [0.25, 0.3) is 0 Å². The van der Waals surface area contributed by atoms with Gasteiger partial charge in [-0.1, -0.05) is 11.8 Å². The van der Waals surface area contributed by atoms with E-state index in [9.17, 15) is 22.8 Å². The Morgan fingerprint density at radius 3 is 2.35 bits per heavy atom. The van der Waals surface area contributed by atoms with Crippen molar-refractivity contribution in [2.75, 3.05) is 20.0 Å². The summed E-state index contributed by atoms with van der Waals surface area (Å²) in [6.45, 7) is 0. The Bertz CT molecular complexity index is 847. The van der Waals surface area contributed by atoms with E-state index in [-0.39, 0.29) is 31.9 Å². The molecule has 0 amide bonds. The van der Waals surface area contributed by atoms with Gasteiger partial charge in [-0.3, -0.25) is 0 Å². The monoisotopic (exact) mass is 410 g/mol. The summed E-state index contributed by atoms with van der Waals surface area (Å²) < 4.78 is 48.5. The van der Waals surface area contributed by atoms with Crippen molar-refractivity contribution in [3.63, 3.8) is 0 Å². The molecule has 26 heavy (non-hydrogen) atoms. The SMILES string of the molecule is COC(=O)c1sc(N)c(C(=O)OC)c1CSc1nnc(C(F)(F)F)n1C. The molecule has 13 heteroatoms. The Morgan fingerprint density at radius 2 is 1.85 bits per heavy atom. The highest BCUT2D eigenvalue weighted by Gasteiger charge is 2.37. The van der Waals surface area contributed by atoms with Crippen molar-refractivity contribution in [1.82, 2.24) is 14.8 Å². The maximum atomic E-state index is 12.8. The summed E-state index contributed by atoms with van der Waals surface area (Å²) >= 11 is 1.69. The average molecular weight is 410 g/mol. The Hall–Kier alpha value is -2.28. The molecule has 8 nitrogen and oxygen atoms in total. The van der Waals surface area contributed by atoms with E-state index < -0.39 is 23.9 Å². The number of carbonyl (C=O) groups is 2. The first kappa shape index (κ1) is 20.0. The van der Waals surface area contributed by atoms with Crippen molar-refractivity contribution >= 4 is 40.0 Å². The van der Waals surface area contributed by atoms with E-state index in [4.69, 9.17) is 5.73 Å². The number of thioether (sulfide) groups is 1. The highest BCUT2D eigenvalue weighted by Crippen LogP contribution is 2.37. The molecule has 2 N–H and O–H groups in total. The maximum Gasteiger partial charge on any atom is 0.451 e. The smallest absolute Gasteiger partial charge is 0.451 e. The normalized spacial score (nSPS) is 11.5. The van der Waals surface area contributed by atoms with Gasteiger partial charge in [-0.2, -0.15) is 13.2 Å². The Labute approximate surface area is 153 Å². The summed E-state index contributed by atoms with van der Waals surface area (Å²) in [6.07, 6.45) is -4.65. The van der Waals surface area contributed by atoms with Crippen LogP contribution in [-0.2, 0) is 28.5 Å². The molecule has 2 aromatic rings. The number of nitrogen functional groups attached to an aromatic ring is 1. The van der Waals surface area contributed by atoms with Gasteiger partial charge in [-0.05, 0) is 0 Å². The number of methoxy groups -OCH3 is 2. The number of aromatic nitrogens is 3. The van der Waals surface area contributed by atoms with E-state index in [2.05, 4.69) is 19.7 Å². The highest BCUT2D eigenvalue weighted by atomic mass is 32.2. The maximum absolute atomic E-state index is 12.8. The molecule has 0 aliphatic heterocycles. The molecule has 142 valence electrons. The summed E-state index contributed by atoms with van der Waals surface area (Å²) in [6, 6.07) is 0. The minimum Gasteiger partial charge on any atom is -0.465 e. The van der Waals surface area contributed by atoms with Gasteiger partial charge >= 0.3 is 18.1 Å². The predicted octanol–water partition coefficient (Wildman–Crippen LogP) is 2.34. The van der Waals surface area contributed by atoms with Gasteiger partial charge in [0, 0.05) is 18.4 Å². The standard InChI is InChI=1S/C13H13F3N4O4S2/c1-20-11(13(14,15)16)18-19-12(20)25-4-5-6(9(21)23-2)8(17)26-7(5)10(22)24-3/h4,17H2,1-3H3. The first-order valence-electron chi connectivity index (χ1n) is 6.78. The summed E-state index contributed by atoms with van der Waals surface area (Å²) in [7, 11) is 3.47. The number of alkyl halides is 3. The molecule has 2 heterocycles. The average Bonchev–Trinajstić information content (AvgIpc) is 3.11. The number of halogens is 3. The molecule has 0 spiro atoms. The number of esters is 2. The van der Waals surface area contributed by atoms with Crippen LogP contribution in [-0.4, -0.2) is 40.9 Å². The van der Waals surface area contributed by atoms with Gasteiger partial charge in [0.05, 0.1) is 19.8 Å². The second-order valence-electron chi connectivity index (χ2n) is 4.78. The Morgan fingerprint density at radius 1 is 1.23 bits per heavy atom. The lowest BCUT2D eigenvalue weighted by Crippen LogP contribution is -2.13. The first-order chi connectivity index (χ1) is 12.1. The zero-order valence-electron chi connectivity index (χ0n) is 13.7. The fourth-order valence-corrected chi connectivity index (χ4v) is 4.05. The number of nitrogens with two attached hydrogens (primary N) is 1. The summed E-state index contributed by atoms with van der Waals surface area (Å²) in [5, 5.41) is 6.60. The Balaban J connectivity index is 2.39. The highest BCUT2D eigenvalue weighted by molar-refractivity contribution is 7.98. The summed E-state index contributed by atoms with van der Waals surface area (Å²) in [5.41, 5.74) is 5.97. The van der Waals surface area contributed by atoms with Crippen LogP contribution in [0.3, 0.4) is 0 Å². The lowest BCUT2D eigenvalue weighted by atomic mass is 10.1. The Kier molecular flexibility index (Phi) is 5.81. The number of hydrogen-bond acceptors (Lipinski definition) is 9. The summed E-state index contributed by atoms with van der Waals surface area (Å²) in [5.74, 6) is -2.71. The minimum atomic E-state index is -4.65. The van der Waals surface area contributed by atoms with Crippen molar-refractivity contribution < 1.29 is 32.2 Å². The summed E-state index contributed by atoms with van der Waals surface area (Å²) in [4.78, 5) is 23.9. The van der Waals surface area contributed by atoms with E-state index >= 15 is 0 Å². The third-order valence-electron chi connectivity index (χ3n) is 3.23. The topological polar surface area (TPSA) is 109 Å². The van der Waals surface area contributed by atoms with Crippen molar-refractivity contribution in [3.8, 4) is 0 Å². The number of rotatable bonds is 5. The van der Waals surface area contributed by atoms with Gasteiger partial charge < -0.3 is 19.8 Å². The molecule has 2 rings (SSSR count). The zero-order chi connectivity index (χ0) is 19.6.